The fourth-order valence-electron chi connectivity index (χ4n) is 3.54. The number of halogens is 1. The molecule has 1 unspecified atom stereocenters. The van der Waals surface area contributed by atoms with Crippen LogP contribution in [0.4, 0.5) is 0 Å². The van der Waals surface area contributed by atoms with Gasteiger partial charge < -0.3 is 19.5 Å². The number of hydrogen-bond acceptors (Lipinski definition) is 5. The maximum Gasteiger partial charge on any atom is 0.295 e. The molecular formula is C23H24BrNO5. The maximum atomic E-state index is 12.9. The Kier molecular flexibility index (Phi) is 6.95. The van der Waals surface area contributed by atoms with Crippen molar-refractivity contribution in [2.45, 2.75) is 19.9 Å². The number of likely N-dealkylation sites (tertiary alicyclic amines) is 1. The average molecular weight is 474 g/mol. The summed E-state index contributed by atoms with van der Waals surface area (Å²) in [5.41, 5.74) is 2.13. The average Bonchev–Trinajstić information content (AvgIpc) is 2.99. The van der Waals surface area contributed by atoms with E-state index in [9.17, 15) is 14.7 Å². The zero-order valence-corrected chi connectivity index (χ0v) is 18.7. The van der Waals surface area contributed by atoms with Crippen molar-refractivity contribution < 1.29 is 24.2 Å². The van der Waals surface area contributed by atoms with Gasteiger partial charge in [0.25, 0.3) is 11.7 Å². The van der Waals surface area contributed by atoms with Crippen molar-refractivity contribution in [1.29, 1.82) is 0 Å². The Morgan fingerprint density at radius 2 is 1.97 bits per heavy atom. The van der Waals surface area contributed by atoms with E-state index in [2.05, 4.69) is 15.9 Å². The minimum atomic E-state index is -0.732. The van der Waals surface area contributed by atoms with Crippen molar-refractivity contribution >= 4 is 33.4 Å². The molecule has 0 saturated carbocycles. The van der Waals surface area contributed by atoms with Crippen LogP contribution in [0.1, 0.15) is 29.7 Å². The molecule has 0 aromatic heterocycles. The molecule has 7 heteroatoms. The van der Waals surface area contributed by atoms with Crippen molar-refractivity contribution in [3.8, 4) is 5.75 Å². The van der Waals surface area contributed by atoms with Gasteiger partial charge in [-0.25, -0.2) is 0 Å². The van der Waals surface area contributed by atoms with Gasteiger partial charge in [0.05, 0.1) is 24.8 Å². The highest BCUT2D eigenvalue weighted by Crippen LogP contribution is 2.40. The second kappa shape index (κ2) is 9.45. The molecule has 1 aliphatic heterocycles. The van der Waals surface area contributed by atoms with E-state index in [-0.39, 0.29) is 24.5 Å². The third-order valence-corrected chi connectivity index (χ3v) is 5.88. The second-order valence-corrected chi connectivity index (χ2v) is 7.81. The van der Waals surface area contributed by atoms with Gasteiger partial charge in [-0.1, -0.05) is 34.1 Å². The minimum absolute atomic E-state index is 0.0615. The van der Waals surface area contributed by atoms with Gasteiger partial charge in [-0.05, 0) is 49.2 Å². The Balaban J connectivity index is 2.17. The van der Waals surface area contributed by atoms with E-state index in [1.165, 1.54) is 12.0 Å². The quantitative estimate of drug-likeness (QED) is 0.370. The fraction of sp³-hybridized carbons (Fsp3) is 0.304. The van der Waals surface area contributed by atoms with Crippen LogP contribution in [0, 0.1) is 6.92 Å². The summed E-state index contributed by atoms with van der Waals surface area (Å²) in [5.74, 6) is -0.937. The summed E-state index contributed by atoms with van der Waals surface area (Å²) in [6.45, 7) is 4.76. The van der Waals surface area contributed by atoms with Crippen LogP contribution in [0.3, 0.4) is 0 Å². The Hall–Kier alpha value is -2.64. The molecule has 0 radical (unpaired) electrons. The number of carbonyl (C=O) groups excluding carboxylic acids is 2. The molecule has 0 spiro atoms. The fourth-order valence-corrected chi connectivity index (χ4v) is 3.78. The van der Waals surface area contributed by atoms with E-state index in [0.717, 1.165) is 10.0 Å². The number of aryl methyl sites for hydroxylation is 1. The van der Waals surface area contributed by atoms with Gasteiger partial charge >= 0.3 is 0 Å². The number of nitrogens with zero attached hydrogens (tertiary/aromatic N) is 1. The van der Waals surface area contributed by atoms with E-state index in [1.807, 2.05) is 26.0 Å². The number of aliphatic hydroxyl groups excluding tert-OH is 1. The summed E-state index contributed by atoms with van der Waals surface area (Å²) in [6.07, 6.45) is 0. The van der Waals surface area contributed by atoms with Crippen molar-refractivity contribution in [2.24, 2.45) is 0 Å². The molecule has 1 aliphatic rings. The number of hydrogen-bond donors (Lipinski definition) is 1. The molecule has 1 atom stereocenters. The lowest BCUT2D eigenvalue weighted by atomic mass is 9.94. The van der Waals surface area contributed by atoms with Crippen LogP contribution < -0.4 is 4.74 Å². The van der Waals surface area contributed by atoms with Crippen LogP contribution in [0.25, 0.3) is 5.76 Å². The number of amides is 1. The topological polar surface area (TPSA) is 76.1 Å². The van der Waals surface area contributed by atoms with Crippen molar-refractivity contribution in [1.82, 2.24) is 4.90 Å². The summed E-state index contributed by atoms with van der Waals surface area (Å²) >= 11 is 3.44. The zero-order valence-electron chi connectivity index (χ0n) is 17.1. The lowest BCUT2D eigenvalue weighted by Crippen LogP contribution is -2.32. The van der Waals surface area contributed by atoms with Crippen molar-refractivity contribution in [3.63, 3.8) is 0 Å². The molecule has 0 bridgehead atoms. The van der Waals surface area contributed by atoms with Gasteiger partial charge in [0, 0.05) is 23.7 Å². The predicted octanol–water partition coefficient (Wildman–Crippen LogP) is 4.22. The highest BCUT2D eigenvalue weighted by molar-refractivity contribution is 9.10. The number of carbonyl (C=O) groups is 2. The predicted molar refractivity (Wildman–Crippen MR) is 117 cm³/mol. The third kappa shape index (κ3) is 4.27. The Bertz CT molecular complexity index is 1000. The normalized spacial score (nSPS) is 18.1. The van der Waals surface area contributed by atoms with Crippen molar-refractivity contribution in [3.05, 3.63) is 69.2 Å². The van der Waals surface area contributed by atoms with E-state index in [1.54, 1.807) is 30.3 Å². The van der Waals surface area contributed by atoms with Crippen molar-refractivity contribution in [2.75, 3.05) is 26.9 Å². The van der Waals surface area contributed by atoms with Gasteiger partial charge in [-0.3, -0.25) is 9.59 Å². The molecule has 1 saturated heterocycles. The molecule has 3 rings (SSSR count). The Labute approximate surface area is 184 Å². The number of rotatable bonds is 7. The summed E-state index contributed by atoms with van der Waals surface area (Å²) in [7, 11) is 1.53. The van der Waals surface area contributed by atoms with Crippen LogP contribution in [0.2, 0.25) is 0 Å². The summed E-state index contributed by atoms with van der Waals surface area (Å²) in [5, 5.41) is 11.1. The SMILES string of the molecule is CCOc1cccc(C2/C(=C(/O)c3ccc(Br)c(C)c3)C(=O)C(=O)N2CCOC)c1. The summed E-state index contributed by atoms with van der Waals surface area (Å²) < 4.78 is 11.6. The van der Waals surface area contributed by atoms with Crippen LogP contribution in [-0.2, 0) is 14.3 Å². The highest BCUT2D eigenvalue weighted by Gasteiger charge is 2.46. The molecule has 30 heavy (non-hydrogen) atoms. The molecule has 1 fully saturated rings. The van der Waals surface area contributed by atoms with Crippen LogP contribution in [-0.4, -0.2) is 48.6 Å². The first-order valence-electron chi connectivity index (χ1n) is 9.65. The lowest BCUT2D eigenvalue weighted by Gasteiger charge is -2.25. The van der Waals surface area contributed by atoms with E-state index >= 15 is 0 Å². The molecule has 0 aliphatic carbocycles. The standard InChI is InChI=1S/C23H24BrNO5/c1-4-30-17-7-5-6-15(13-17)20-19(22(27)23(28)25(20)10-11-29-3)21(26)16-8-9-18(24)14(2)12-16/h5-9,12-13,20,26H,4,10-11H2,1-3H3/b21-19-. The first kappa shape index (κ1) is 22.1. The number of ketones is 1. The number of ether oxygens (including phenoxy) is 2. The van der Waals surface area contributed by atoms with Crippen LogP contribution in [0.5, 0.6) is 5.75 Å². The molecule has 158 valence electrons. The monoisotopic (exact) mass is 473 g/mol. The minimum Gasteiger partial charge on any atom is -0.507 e. The molecule has 6 nitrogen and oxygen atoms in total. The summed E-state index contributed by atoms with van der Waals surface area (Å²) in [6, 6.07) is 11.8. The maximum absolute atomic E-state index is 12.9. The van der Waals surface area contributed by atoms with Gasteiger partial charge in [0.1, 0.15) is 11.5 Å². The summed E-state index contributed by atoms with van der Waals surface area (Å²) in [4.78, 5) is 27.2. The first-order chi connectivity index (χ1) is 14.4. The van der Waals surface area contributed by atoms with E-state index in [4.69, 9.17) is 9.47 Å². The molecule has 1 heterocycles. The molecular weight excluding hydrogens is 450 g/mol. The molecule has 1 N–H and O–H groups in total. The Morgan fingerprint density at radius 3 is 2.63 bits per heavy atom. The molecule has 2 aromatic rings. The number of methoxy groups -OCH3 is 1. The van der Waals surface area contributed by atoms with Gasteiger partial charge in [-0.15, -0.1) is 0 Å². The van der Waals surface area contributed by atoms with Gasteiger partial charge in [-0.2, -0.15) is 0 Å². The number of benzene rings is 2. The molecule has 2 aromatic carbocycles. The van der Waals surface area contributed by atoms with E-state index < -0.39 is 17.7 Å². The van der Waals surface area contributed by atoms with Gasteiger partial charge in [0.15, 0.2) is 0 Å². The first-order valence-corrected chi connectivity index (χ1v) is 10.4. The Morgan fingerprint density at radius 1 is 1.20 bits per heavy atom. The lowest BCUT2D eigenvalue weighted by molar-refractivity contribution is -0.140. The molecule has 1 amide bonds. The smallest absolute Gasteiger partial charge is 0.295 e. The largest absolute Gasteiger partial charge is 0.507 e. The van der Waals surface area contributed by atoms with Gasteiger partial charge in [0.2, 0.25) is 0 Å². The van der Waals surface area contributed by atoms with Crippen LogP contribution >= 0.6 is 15.9 Å². The second-order valence-electron chi connectivity index (χ2n) is 6.95. The number of aliphatic hydroxyl groups is 1. The third-order valence-electron chi connectivity index (χ3n) is 4.99. The van der Waals surface area contributed by atoms with E-state index in [0.29, 0.717) is 23.5 Å². The number of Topliss-reactive ketones (excluding diaryl/α,β-unsaturated/α-hetero) is 1. The highest BCUT2D eigenvalue weighted by atomic mass is 79.9. The zero-order chi connectivity index (χ0) is 21.8. The van der Waals surface area contributed by atoms with Crippen LogP contribution in [0.15, 0.2) is 52.5 Å².